The van der Waals surface area contributed by atoms with Crippen LogP contribution in [0.15, 0.2) is 6.20 Å². The van der Waals surface area contributed by atoms with Crippen molar-refractivity contribution >= 4 is 5.78 Å². The molecule has 0 amide bonds. The second kappa shape index (κ2) is 4.18. The first kappa shape index (κ1) is 12.6. The molecule has 0 atom stereocenters. The van der Waals surface area contributed by atoms with Gasteiger partial charge in [-0.3, -0.25) is 9.48 Å². The molecule has 3 nitrogen and oxygen atoms in total. The Labute approximate surface area is 86.9 Å². The van der Waals surface area contributed by atoms with Gasteiger partial charge in [0.15, 0.2) is 0 Å². The predicted octanol–water partition coefficient (Wildman–Crippen LogP) is 2.03. The van der Waals surface area contributed by atoms with Crippen molar-refractivity contribution in [3.8, 4) is 0 Å². The number of halogens is 5. The number of carbonyl (C=O) groups is 1. The average Bonchev–Trinajstić information content (AvgIpc) is 2.45. The van der Waals surface area contributed by atoms with E-state index < -0.39 is 36.1 Å². The summed E-state index contributed by atoms with van der Waals surface area (Å²) in [7, 11) is 1.29. The quantitative estimate of drug-likeness (QED) is 0.760. The average molecular weight is 242 g/mol. The SMILES string of the molecule is Cn1cc(CC(=O)C(F)(F)F)c(C(F)F)n1. The summed E-state index contributed by atoms with van der Waals surface area (Å²) in [4.78, 5) is 10.6. The van der Waals surface area contributed by atoms with Crippen LogP contribution in [-0.4, -0.2) is 21.7 Å². The summed E-state index contributed by atoms with van der Waals surface area (Å²) in [5, 5.41) is 3.29. The van der Waals surface area contributed by atoms with Crippen LogP contribution in [0, 0.1) is 0 Å². The van der Waals surface area contributed by atoms with E-state index >= 15 is 0 Å². The molecule has 0 bridgehead atoms. The number of carbonyl (C=O) groups excluding carboxylic acids is 1. The summed E-state index contributed by atoms with van der Waals surface area (Å²) in [5.74, 6) is -2.07. The topological polar surface area (TPSA) is 34.9 Å². The molecule has 1 rings (SSSR count). The minimum Gasteiger partial charge on any atom is -0.289 e. The molecule has 1 heterocycles. The molecule has 0 saturated carbocycles. The standard InChI is InChI=1S/C8H7F5N2O/c1-15-3-4(6(14-15)7(9)10)2-5(16)8(11,12)13/h3,7H,2H2,1H3. The first-order valence-corrected chi connectivity index (χ1v) is 4.12. The zero-order valence-corrected chi connectivity index (χ0v) is 8.05. The molecule has 0 fully saturated rings. The largest absolute Gasteiger partial charge is 0.450 e. The lowest BCUT2D eigenvalue weighted by atomic mass is 10.1. The molecule has 1 aromatic rings. The highest BCUT2D eigenvalue weighted by atomic mass is 19.4. The van der Waals surface area contributed by atoms with Gasteiger partial charge in [-0.25, -0.2) is 8.78 Å². The third kappa shape index (κ3) is 2.77. The summed E-state index contributed by atoms with van der Waals surface area (Å²) in [6, 6.07) is 0. The number of alkyl halides is 5. The summed E-state index contributed by atoms with van der Waals surface area (Å²) in [6.07, 6.45) is -8.16. The number of nitrogens with zero attached hydrogens (tertiary/aromatic N) is 2. The number of hydrogen-bond acceptors (Lipinski definition) is 2. The van der Waals surface area contributed by atoms with Crippen molar-refractivity contribution in [2.75, 3.05) is 0 Å². The number of ketones is 1. The first-order valence-electron chi connectivity index (χ1n) is 4.12. The van der Waals surface area contributed by atoms with Gasteiger partial charge in [-0.15, -0.1) is 0 Å². The Bertz CT molecular complexity index is 396. The first-order chi connectivity index (χ1) is 7.21. The number of Topliss-reactive ketones (excluding diaryl/α,β-unsaturated/α-hetero) is 1. The number of aromatic nitrogens is 2. The molecular weight excluding hydrogens is 235 g/mol. The van der Waals surface area contributed by atoms with Gasteiger partial charge in [0.05, 0.1) is 0 Å². The fourth-order valence-corrected chi connectivity index (χ4v) is 1.15. The Hall–Kier alpha value is -1.47. The Kier molecular flexibility index (Phi) is 3.30. The van der Waals surface area contributed by atoms with Gasteiger partial charge >= 0.3 is 6.18 Å². The molecule has 0 aliphatic rings. The van der Waals surface area contributed by atoms with Crippen LogP contribution in [0.5, 0.6) is 0 Å². The molecule has 90 valence electrons. The second-order valence-corrected chi connectivity index (χ2v) is 3.11. The molecule has 0 aliphatic carbocycles. The van der Waals surface area contributed by atoms with Crippen molar-refractivity contribution in [1.82, 2.24) is 9.78 Å². The van der Waals surface area contributed by atoms with Gasteiger partial charge in [-0.05, 0) is 0 Å². The molecule has 8 heteroatoms. The number of hydrogen-bond donors (Lipinski definition) is 0. The van der Waals surface area contributed by atoms with E-state index in [1.54, 1.807) is 0 Å². The Morgan fingerprint density at radius 3 is 2.50 bits per heavy atom. The van der Waals surface area contributed by atoms with E-state index in [1.807, 2.05) is 0 Å². The van der Waals surface area contributed by atoms with Gasteiger partial charge in [0, 0.05) is 25.2 Å². The lowest BCUT2D eigenvalue weighted by Gasteiger charge is -2.04. The minimum atomic E-state index is -5.02. The zero-order valence-electron chi connectivity index (χ0n) is 8.05. The lowest BCUT2D eigenvalue weighted by Crippen LogP contribution is -2.24. The van der Waals surface area contributed by atoms with Crippen molar-refractivity contribution in [2.45, 2.75) is 19.0 Å². The van der Waals surface area contributed by atoms with Crippen molar-refractivity contribution in [1.29, 1.82) is 0 Å². The van der Waals surface area contributed by atoms with Crippen molar-refractivity contribution in [2.24, 2.45) is 7.05 Å². The molecular formula is C8H7F5N2O. The molecule has 0 saturated heterocycles. The van der Waals surface area contributed by atoms with Crippen LogP contribution in [0.4, 0.5) is 22.0 Å². The maximum Gasteiger partial charge on any atom is 0.450 e. The molecule has 0 radical (unpaired) electrons. The predicted molar refractivity (Wildman–Crippen MR) is 42.9 cm³/mol. The van der Waals surface area contributed by atoms with Crippen LogP contribution in [-0.2, 0) is 18.3 Å². The third-order valence-electron chi connectivity index (χ3n) is 1.81. The number of rotatable bonds is 3. The zero-order chi connectivity index (χ0) is 12.5. The monoisotopic (exact) mass is 242 g/mol. The molecule has 16 heavy (non-hydrogen) atoms. The fraction of sp³-hybridized carbons (Fsp3) is 0.500. The van der Waals surface area contributed by atoms with E-state index in [2.05, 4.69) is 5.10 Å². The fourth-order valence-electron chi connectivity index (χ4n) is 1.15. The van der Waals surface area contributed by atoms with Crippen molar-refractivity contribution < 1.29 is 26.7 Å². The summed E-state index contributed by atoms with van der Waals surface area (Å²) >= 11 is 0. The minimum absolute atomic E-state index is 0.403. The van der Waals surface area contributed by atoms with Crippen LogP contribution in [0.25, 0.3) is 0 Å². The highest BCUT2D eigenvalue weighted by molar-refractivity contribution is 5.86. The lowest BCUT2D eigenvalue weighted by molar-refractivity contribution is -0.170. The smallest absolute Gasteiger partial charge is 0.289 e. The van der Waals surface area contributed by atoms with E-state index in [1.165, 1.54) is 7.05 Å². The van der Waals surface area contributed by atoms with Gasteiger partial charge in [0.2, 0.25) is 5.78 Å². The van der Waals surface area contributed by atoms with E-state index in [-0.39, 0.29) is 0 Å². The molecule has 1 aromatic heterocycles. The second-order valence-electron chi connectivity index (χ2n) is 3.11. The Morgan fingerprint density at radius 1 is 1.50 bits per heavy atom. The molecule has 0 N–H and O–H groups in total. The van der Waals surface area contributed by atoms with E-state index in [4.69, 9.17) is 0 Å². The number of aryl methyl sites for hydroxylation is 1. The molecule has 0 aliphatic heterocycles. The maximum absolute atomic E-state index is 12.3. The van der Waals surface area contributed by atoms with Crippen LogP contribution >= 0.6 is 0 Å². The van der Waals surface area contributed by atoms with Crippen molar-refractivity contribution in [3.63, 3.8) is 0 Å². The van der Waals surface area contributed by atoms with E-state index in [9.17, 15) is 26.7 Å². The van der Waals surface area contributed by atoms with Gasteiger partial charge in [0.25, 0.3) is 6.43 Å². The maximum atomic E-state index is 12.3. The van der Waals surface area contributed by atoms with E-state index in [0.29, 0.717) is 0 Å². The highest BCUT2D eigenvalue weighted by Crippen LogP contribution is 2.24. The summed E-state index contributed by atoms with van der Waals surface area (Å²) in [5.41, 5.74) is -1.19. The van der Waals surface area contributed by atoms with Crippen LogP contribution in [0.1, 0.15) is 17.7 Å². The molecule has 0 aromatic carbocycles. The Balaban J connectivity index is 2.93. The summed E-state index contributed by atoms with van der Waals surface area (Å²) in [6.45, 7) is 0. The normalized spacial score (nSPS) is 12.2. The van der Waals surface area contributed by atoms with E-state index in [0.717, 1.165) is 10.9 Å². The van der Waals surface area contributed by atoms with Crippen LogP contribution in [0.2, 0.25) is 0 Å². The van der Waals surface area contributed by atoms with Gasteiger partial charge in [0.1, 0.15) is 5.69 Å². The van der Waals surface area contributed by atoms with Crippen LogP contribution < -0.4 is 0 Å². The molecule has 0 unspecified atom stereocenters. The van der Waals surface area contributed by atoms with Gasteiger partial charge < -0.3 is 0 Å². The van der Waals surface area contributed by atoms with Gasteiger partial charge in [-0.1, -0.05) is 0 Å². The third-order valence-corrected chi connectivity index (χ3v) is 1.81. The van der Waals surface area contributed by atoms with Crippen LogP contribution in [0.3, 0.4) is 0 Å². The van der Waals surface area contributed by atoms with Gasteiger partial charge in [-0.2, -0.15) is 18.3 Å². The Morgan fingerprint density at radius 2 is 2.06 bits per heavy atom. The van der Waals surface area contributed by atoms with Crippen molar-refractivity contribution in [3.05, 3.63) is 17.5 Å². The highest BCUT2D eigenvalue weighted by Gasteiger charge is 2.38. The molecule has 0 spiro atoms. The summed E-state index contributed by atoms with van der Waals surface area (Å²) < 4.78 is 61.3.